The van der Waals surface area contributed by atoms with E-state index in [1.807, 2.05) is 6.92 Å². The third-order valence-corrected chi connectivity index (χ3v) is 3.16. The van der Waals surface area contributed by atoms with Crippen LogP contribution in [0.25, 0.3) is 0 Å². The van der Waals surface area contributed by atoms with Gasteiger partial charge in [0.15, 0.2) is 0 Å². The molecule has 84 valence electrons. The molecule has 2 amide bonds. The van der Waals surface area contributed by atoms with Crippen molar-refractivity contribution in [3.8, 4) is 0 Å². The van der Waals surface area contributed by atoms with Crippen LogP contribution in [-0.2, 0) is 9.59 Å². The predicted molar refractivity (Wildman–Crippen MR) is 56.1 cm³/mol. The third kappa shape index (κ3) is 1.91. The normalized spacial score (nSPS) is 30.7. The molecular formula is C11H18N2O2. The standard InChI is InChI=1S/C11H18N2O2/c1-3-4-12-7(2)6-13-10(14)8-5-9(8)11(13)15/h7-9,12H,3-6H2,1-2H3. The Morgan fingerprint density at radius 2 is 2.00 bits per heavy atom. The van der Waals surface area contributed by atoms with E-state index in [0.29, 0.717) is 6.54 Å². The van der Waals surface area contributed by atoms with E-state index in [-0.39, 0.29) is 29.7 Å². The maximum absolute atomic E-state index is 11.6. The molecule has 3 atom stereocenters. The van der Waals surface area contributed by atoms with E-state index >= 15 is 0 Å². The molecule has 1 aliphatic carbocycles. The van der Waals surface area contributed by atoms with Crippen LogP contribution in [0.15, 0.2) is 0 Å². The summed E-state index contributed by atoms with van der Waals surface area (Å²) >= 11 is 0. The number of amides is 2. The first kappa shape index (κ1) is 10.6. The number of likely N-dealkylation sites (tertiary alicyclic amines) is 1. The molecule has 0 spiro atoms. The second-order valence-electron chi connectivity index (χ2n) is 4.59. The number of hydrogen-bond acceptors (Lipinski definition) is 3. The Kier molecular flexibility index (Phi) is 2.78. The summed E-state index contributed by atoms with van der Waals surface area (Å²) in [6.45, 7) is 5.58. The van der Waals surface area contributed by atoms with E-state index in [2.05, 4.69) is 12.2 Å². The van der Waals surface area contributed by atoms with Crippen LogP contribution in [-0.4, -0.2) is 35.8 Å². The van der Waals surface area contributed by atoms with Crippen LogP contribution >= 0.6 is 0 Å². The van der Waals surface area contributed by atoms with Crippen molar-refractivity contribution < 1.29 is 9.59 Å². The number of rotatable bonds is 5. The van der Waals surface area contributed by atoms with Gasteiger partial charge in [0.1, 0.15) is 0 Å². The molecule has 1 N–H and O–H groups in total. The number of carbonyl (C=O) groups excluding carboxylic acids is 2. The van der Waals surface area contributed by atoms with Crippen LogP contribution < -0.4 is 5.32 Å². The zero-order valence-corrected chi connectivity index (χ0v) is 9.32. The van der Waals surface area contributed by atoms with Gasteiger partial charge in [-0.3, -0.25) is 14.5 Å². The lowest BCUT2D eigenvalue weighted by Crippen LogP contribution is -2.43. The molecule has 1 saturated heterocycles. The number of piperidine rings is 1. The number of hydrogen-bond donors (Lipinski definition) is 1. The van der Waals surface area contributed by atoms with Crippen LogP contribution in [0.2, 0.25) is 0 Å². The molecule has 0 aromatic heterocycles. The van der Waals surface area contributed by atoms with Gasteiger partial charge in [0.25, 0.3) is 0 Å². The lowest BCUT2D eigenvalue weighted by atomic mass is 10.3. The molecule has 2 rings (SSSR count). The highest BCUT2D eigenvalue weighted by Crippen LogP contribution is 2.46. The Bertz CT molecular complexity index is 270. The van der Waals surface area contributed by atoms with Crippen molar-refractivity contribution >= 4 is 11.8 Å². The third-order valence-electron chi connectivity index (χ3n) is 3.16. The van der Waals surface area contributed by atoms with Crippen molar-refractivity contribution in [1.82, 2.24) is 10.2 Å². The van der Waals surface area contributed by atoms with Crippen LogP contribution in [0.3, 0.4) is 0 Å². The van der Waals surface area contributed by atoms with Crippen LogP contribution in [0.5, 0.6) is 0 Å². The van der Waals surface area contributed by atoms with E-state index < -0.39 is 0 Å². The molecule has 1 heterocycles. The summed E-state index contributed by atoms with van der Waals surface area (Å²) in [7, 11) is 0. The highest BCUT2D eigenvalue weighted by molar-refractivity contribution is 6.08. The summed E-state index contributed by atoms with van der Waals surface area (Å²) in [4.78, 5) is 24.7. The maximum Gasteiger partial charge on any atom is 0.233 e. The molecule has 2 aliphatic rings. The van der Waals surface area contributed by atoms with Crippen molar-refractivity contribution in [3.63, 3.8) is 0 Å². The zero-order valence-electron chi connectivity index (χ0n) is 9.32. The summed E-state index contributed by atoms with van der Waals surface area (Å²) in [5, 5.41) is 3.28. The van der Waals surface area contributed by atoms with Crippen molar-refractivity contribution in [1.29, 1.82) is 0 Å². The minimum Gasteiger partial charge on any atom is -0.312 e. The lowest BCUT2D eigenvalue weighted by Gasteiger charge is -2.21. The minimum absolute atomic E-state index is 0.0378. The van der Waals surface area contributed by atoms with Crippen molar-refractivity contribution in [2.45, 2.75) is 32.7 Å². The molecule has 4 nitrogen and oxygen atoms in total. The van der Waals surface area contributed by atoms with Gasteiger partial charge in [0, 0.05) is 12.6 Å². The van der Waals surface area contributed by atoms with Gasteiger partial charge in [-0.25, -0.2) is 0 Å². The summed E-state index contributed by atoms with van der Waals surface area (Å²) in [5.74, 6) is 0.178. The first-order valence-electron chi connectivity index (χ1n) is 5.73. The van der Waals surface area contributed by atoms with Gasteiger partial charge in [-0.1, -0.05) is 6.92 Å². The Morgan fingerprint density at radius 1 is 1.40 bits per heavy atom. The summed E-state index contributed by atoms with van der Waals surface area (Å²) in [5.41, 5.74) is 0. The van der Waals surface area contributed by atoms with Gasteiger partial charge in [-0.05, 0) is 26.3 Å². The van der Waals surface area contributed by atoms with Gasteiger partial charge in [-0.15, -0.1) is 0 Å². The first-order chi connectivity index (χ1) is 7.15. The molecule has 0 aromatic rings. The molecule has 2 fully saturated rings. The molecule has 15 heavy (non-hydrogen) atoms. The zero-order chi connectivity index (χ0) is 11.0. The Hall–Kier alpha value is -0.900. The van der Waals surface area contributed by atoms with E-state index in [9.17, 15) is 9.59 Å². The maximum atomic E-state index is 11.6. The van der Waals surface area contributed by atoms with Crippen molar-refractivity contribution in [3.05, 3.63) is 0 Å². The van der Waals surface area contributed by atoms with E-state index in [4.69, 9.17) is 0 Å². The largest absolute Gasteiger partial charge is 0.312 e. The van der Waals surface area contributed by atoms with Gasteiger partial charge in [-0.2, -0.15) is 0 Å². The van der Waals surface area contributed by atoms with Gasteiger partial charge < -0.3 is 5.32 Å². The second kappa shape index (κ2) is 3.93. The fourth-order valence-electron chi connectivity index (χ4n) is 2.16. The quantitative estimate of drug-likeness (QED) is 0.667. The minimum atomic E-state index is 0.0378. The van der Waals surface area contributed by atoms with Crippen LogP contribution in [0.1, 0.15) is 26.7 Å². The van der Waals surface area contributed by atoms with Gasteiger partial charge in [0.2, 0.25) is 11.8 Å². The van der Waals surface area contributed by atoms with Crippen molar-refractivity contribution in [2.75, 3.05) is 13.1 Å². The molecule has 0 bridgehead atoms. The van der Waals surface area contributed by atoms with Crippen LogP contribution in [0, 0.1) is 11.8 Å². The average molecular weight is 210 g/mol. The average Bonchev–Trinajstić information content (AvgIpc) is 2.96. The smallest absolute Gasteiger partial charge is 0.233 e. The molecule has 0 radical (unpaired) electrons. The lowest BCUT2D eigenvalue weighted by molar-refractivity contribution is -0.141. The topological polar surface area (TPSA) is 49.4 Å². The Labute approximate surface area is 90.0 Å². The number of carbonyl (C=O) groups is 2. The molecule has 1 aliphatic heterocycles. The molecule has 3 unspecified atom stereocenters. The number of nitrogens with zero attached hydrogens (tertiary/aromatic N) is 1. The highest BCUT2D eigenvalue weighted by atomic mass is 16.2. The Morgan fingerprint density at radius 3 is 2.53 bits per heavy atom. The monoisotopic (exact) mass is 210 g/mol. The van der Waals surface area contributed by atoms with Gasteiger partial charge in [0.05, 0.1) is 11.8 Å². The van der Waals surface area contributed by atoms with E-state index in [1.54, 1.807) is 0 Å². The first-order valence-corrected chi connectivity index (χ1v) is 5.73. The SMILES string of the molecule is CCCNC(C)CN1C(=O)C2CC2C1=O. The fourth-order valence-corrected chi connectivity index (χ4v) is 2.16. The Balaban J connectivity index is 1.84. The molecule has 1 saturated carbocycles. The van der Waals surface area contributed by atoms with Gasteiger partial charge >= 0.3 is 0 Å². The number of fused-ring (bicyclic) bond motifs is 1. The number of imide groups is 1. The highest BCUT2D eigenvalue weighted by Gasteiger charge is 2.58. The summed E-state index contributed by atoms with van der Waals surface area (Å²) in [6, 6.07) is 0.204. The predicted octanol–water partition coefficient (Wildman–Crippen LogP) is 0.379. The number of nitrogens with one attached hydrogen (secondary N) is 1. The summed E-state index contributed by atoms with van der Waals surface area (Å²) in [6.07, 6.45) is 1.86. The van der Waals surface area contributed by atoms with Crippen molar-refractivity contribution in [2.24, 2.45) is 11.8 Å². The van der Waals surface area contributed by atoms with E-state index in [1.165, 1.54) is 4.90 Å². The molecular weight excluding hydrogens is 192 g/mol. The molecule has 0 aromatic carbocycles. The van der Waals surface area contributed by atoms with E-state index in [0.717, 1.165) is 19.4 Å². The van der Waals surface area contributed by atoms with Crippen LogP contribution in [0.4, 0.5) is 0 Å². The summed E-state index contributed by atoms with van der Waals surface area (Å²) < 4.78 is 0. The fraction of sp³-hybridized carbons (Fsp3) is 0.818. The molecule has 4 heteroatoms. The second-order valence-corrected chi connectivity index (χ2v) is 4.59.